The van der Waals surface area contributed by atoms with Crippen LogP contribution in [-0.4, -0.2) is 27.3 Å². The number of rotatable bonds is 8. The third kappa shape index (κ3) is 3.85. The highest BCUT2D eigenvalue weighted by Crippen LogP contribution is 2.41. The van der Waals surface area contributed by atoms with Gasteiger partial charge in [-0.15, -0.1) is 0 Å². The van der Waals surface area contributed by atoms with Gasteiger partial charge in [-0.3, -0.25) is 9.48 Å². The number of nitrogens with one attached hydrogen (secondary N) is 1. The average molecular weight is 327 g/mol. The van der Waals surface area contributed by atoms with E-state index in [1.165, 1.54) is 0 Å². The maximum atomic E-state index is 12.5. The number of nitrogens with zero attached hydrogens (tertiary/aromatic N) is 2. The van der Waals surface area contributed by atoms with Crippen LogP contribution < -0.4 is 5.32 Å². The van der Waals surface area contributed by atoms with Gasteiger partial charge in [0, 0.05) is 19.0 Å². The summed E-state index contributed by atoms with van der Waals surface area (Å²) in [6.07, 6.45) is 5.83. The van der Waals surface area contributed by atoms with Crippen molar-refractivity contribution in [3.63, 3.8) is 0 Å². The molecule has 5 heteroatoms. The third-order valence-corrected chi connectivity index (χ3v) is 4.43. The molecule has 0 spiro atoms. The van der Waals surface area contributed by atoms with E-state index in [-0.39, 0.29) is 12.5 Å². The fraction of sp³-hybridized carbons (Fsp3) is 0.474. The largest absolute Gasteiger partial charge is 0.392 e. The van der Waals surface area contributed by atoms with Gasteiger partial charge in [-0.25, -0.2) is 0 Å². The Morgan fingerprint density at radius 2 is 2.00 bits per heavy atom. The molecule has 0 unspecified atom stereocenters. The summed E-state index contributed by atoms with van der Waals surface area (Å²) in [5, 5.41) is 16.5. The topological polar surface area (TPSA) is 67.2 Å². The first-order valence-electron chi connectivity index (χ1n) is 8.75. The predicted molar refractivity (Wildman–Crippen MR) is 92.9 cm³/mol. The standard InChI is InChI=1S/C19H25N3O2/c1-2-11-22-18(16-7-8-16)17(12-21-22)19(24)20-10-9-14-3-5-15(13-23)6-4-14/h3-6,12,16,23H,2,7-11,13H2,1H3,(H,20,24). The normalized spacial score (nSPS) is 13.9. The molecule has 0 saturated heterocycles. The molecule has 1 saturated carbocycles. The van der Waals surface area contributed by atoms with Crippen LogP contribution in [-0.2, 0) is 19.6 Å². The van der Waals surface area contributed by atoms with Crippen molar-refractivity contribution in [3.05, 3.63) is 52.8 Å². The predicted octanol–water partition coefficient (Wildman–Crippen LogP) is 2.64. The summed E-state index contributed by atoms with van der Waals surface area (Å²) in [5.74, 6) is 0.483. The number of aliphatic hydroxyl groups is 1. The average Bonchev–Trinajstić information content (AvgIpc) is 3.36. The van der Waals surface area contributed by atoms with Gasteiger partial charge in [0.1, 0.15) is 0 Å². The van der Waals surface area contributed by atoms with Crippen molar-refractivity contribution in [2.45, 2.75) is 51.7 Å². The summed E-state index contributed by atoms with van der Waals surface area (Å²) < 4.78 is 2.00. The molecule has 3 rings (SSSR count). The van der Waals surface area contributed by atoms with Crippen LogP contribution in [0.3, 0.4) is 0 Å². The third-order valence-electron chi connectivity index (χ3n) is 4.43. The van der Waals surface area contributed by atoms with Gasteiger partial charge in [0.15, 0.2) is 0 Å². The lowest BCUT2D eigenvalue weighted by Gasteiger charge is -2.09. The highest BCUT2D eigenvalue weighted by atomic mass is 16.3. The molecular formula is C19H25N3O2. The van der Waals surface area contributed by atoms with E-state index in [2.05, 4.69) is 17.3 Å². The van der Waals surface area contributed by atoms with Gasteiger partial charge >= 0.3 is 0 Å². The molecule has 0 aliphatic heterocycles. The zero-order valence-electron chi connectivity index (χ0n) is 14.2. The van der Waals surface area contributed by atoms with Gasteiger partial charge in [0.2, 0.25) is 0 Å². The van der Waals surface area contributed by atoms with Gasteiger partial charge in [-0.05, 0) is 36.8 Å². The first-order chi connectivity index (χ1) is 11.7. The van der Waals surface area contributed by atoms with E-state index in [4.69, 9.17) is 5.11 Å². The second-order valence-electron chi connectivity index (χ2n) is 6.42. The summed E-state index contributed by atoms with van der Waals surface area (Å²) in [6, 6.07) is 7.81. The quantitative estimate of drug-likeness (QED) is 0.783. The second kappa shape index (κ2) is 7.62. The van der Waals surface area contributed by atoms with Crippen molar-refractivity contribution >= 4 is 5.91 Å². The van der Waals surface area contributed by atoms with Crippen LogP contribution in [0.4, 0.5) is 0 Å². The molecule has 1 aliphatic carbocycles. The Labute approximate surface area is 142 Å². The van der Waals surface area contributed by atoms with Crippen LogP contribution >= 0.6 is 0 Å². The molecule has 0 radical (unpaired) electrons. The van der Waals surface area contributed by atoms with E-state index in [0.717, 1.165) is 54.6 Å². The molecule has 24 heavy (non-hydrogen) atoms. The van der Waals surface area contributed by atoms with E-state index < -0.39 is 0 Å². The number of carbonyl (C=O) groups excluding carboxylic acids is 1. The first-order valence-corrected chi connectivity index (χ1v) is 8.75. The lowest BCUT2D eigenvalue weighted by Crippen LogP contribution is -2.26. The molecule has 0 bridgehead atoms. The van der Waals surface area contributed by atoms with Crippen LogP contribution in [0.15, 0.2) is 30.5 Å². The number of hydrogen-bond donors (Lipinski definition) is 2. The first kappa shape index (κ1) is 16.7. The minimum absolute atomic E-state index is 0.0220. The van der Waals surface area contributed by atoms with Crippen molar-refractivity contribution in [3.8, 4) is 0 Å². The Hall–Kier alpha value is -2.14. The Bertz CT molecular complexity index is 687. The van der Waals surface area contributed by atoms with Crippen molar-refractivity contribution in [2.75, 3.05) is 6.54 Å². The zero-order valence-corrected chi connectivity index (χ0v) is 14.2. The molecule has 1 aliphatic rings. The fourth-order valence-corrected chi connectivity index (χ4v) is 2.97. The van der Waals surface area contributed by atoms with Crippen molar-refractivity contribution in [1.29, 1.82) is 0 Å². The van der Waals surface area contributed by atoms with Crippen LogP contribution in [0.25, 0.3) is 0 Å². The van der Waals surface area contributed by atoms with E-state index >= 15 is 0 Å². The summed E-state index contributed by atoms with van der Waals surface area (Å²) in [5.41, 5.74) is 3.90. The number of aromatic nitrogens is 2. The van der Waals surface area contributed by atoms with Gasteiger partial charge in [-0.2, -0.15) is 5.10 Å². The fourth-order valence-electron chi connectivity index (χ4n) is 2.97. The number of aryl methyl sites for hydroxylation is 1. The Morgan fingerprint density at radius 1 is 1.29 bits per heavy atom. The number of benzene rings is 1. The maximum Gasteiger partial charge on any atom is 0.254 e. The summed E-state index contributed by atoms with van der Waals surface area (Å²) in [7, 11) is 0. The van der Waals surface area contributed by atoms with Gasteiger partial charge in [0.25, 0.3) is 5.91 Å². The van der Waals surface area contributed by atoms with Gasteiger partial charge in [0.05, 0.1) is 24.1 Å². The van der Waals surface area contributed by atoms with Crippen LogP contribution in [0.2, 0.25) is 0 Å². The van der Waals surface area contributed by atoms with Gasteiger partial charge in [-0.1, -0.05) is 31.2 Å². The van der Waals surface area contributed by atoms with Crippen LogP contribution in [0.1, 0.15) is 59.3 Å². The van der Waals surface area contributed by atoms with Gasteiger partial charge < -0.3 is 10.4 Å². The Kier molecular flexibility index (Phi) is 5.30. The SMILES string of the molecule is CCCn1ncc(C(=O)NCCc2ccc(CO)cc2)c1C1CC1. The summed E-state index contributed by atoms with van der Waals surface area (Å²) in [4.78, 5) is 12.5. The van der Waals surface area contributed by atoms with E-state index in [9.17, 15) is 4.79 Å². The Balaban J connectivity index is 1.58. The molecule has 1 amide bonds. The molecule has 5 nitrogen and oxygen atoms in total. The molecule has 2 aromatic rings. The maximum absolute atomic E-state index is 12.5. The van der Waals surface area contributed by atoms with Crippen molar-refractivity contribution in [1.82, 2.24) is 15.1 Å². The molecule has 1 fully saturated rings. The van der Waals surface area contributed by atoms with E-state index in [1.807, 2.05) is 28.9 Å². The van der Waals surface area contributed by atoms with Crippen LogP contribution in [0.5, 0.6) is 0 Å². The lowest BCUT2D eigenvalue weighted by molar-refractivity contribution is 0.0953. The molecule has 1 heterocycles. The number of hydrogen-bond acceptors (Lipinski definition) is 3. The lowest BCUT2D eigenvalue weighted by atomic mass is 10.1. The van der Waals surface area contributed by atoms with Crippen molar-refractivity contribution in [2.24, 2.45) is 0 Å². The molecular weight excluding hydrogens is 302 g/mol. The minimum Gasteiger partial charge on any atom is -0.392 e. The number of amides is 1. The summed E-state index contributed by atoms with van der Waals surface area (Å²) >= 11 is 0. The molecule has 0 atom stereocenters. The van der Waals surface area contributed by atoms with Crippen molar-refractivity contribution < 1.29 is 9.90 Å². The molecule has 1 aromatic heterocycles. The number of aliphatic hydroxyl groups excluding tert-OH is 1. The molecule has 2 N–H and O–H groups in total. The summed E-state index contributed by atoms with van der Waals surface area (Å²) in [6.45, 7) is 3.65. The van der Waals surface area contributed by atoms with E-state index in [0.29, 0.717) is 12.5 Å². The smallest absolute Gasteiger partial charge is 0.254 e. The number of carbonyl (C=O) groups is 1. The Morgan fingerprint density at radius 3 is 2.62 bits per heavy atom. The highest BCUT2D eigenvalue weighted by molar-refractivity contribution is 5.95. The monoisotopic (exact) mass is 327 g/mol. The van der Waals surface area contributed by atoms with E-state index in [1.54, 1.807) is 6.20 Å². The second-order valence-corrected chi connectivity index (χ2v) is 6.42. The van der Waals surface area contributed by atoms with Crippen LogP contribution in [0, 0.1) is 0 Å². The zero-order chi connectivity index (χ0) is 16.9. The highest BCUT2D eigenvalue weighted by Gasteiger charge is 2.32. The molecule has 128 valence electrons. The minimum atomic E-state index is -0.0220. The molecule has 1 aromatic carbocycles.